The second-order valence-electron chi connectivity index (χ2n) is 4.36. The van der Waals surface area contributed by atoms with E-state index in [1.54, 1.807) is 0 Å². The van der Waals surface area contributed by atoms with Gasteiger partial charge in [-0.3, -0.25) is 4.68 Å². The number of aryl methyl sites for hydroxylation is 1. The summed E-state index contributed by atoms with van der Waals surface area (Å²) < 4.78 is 7.80. The SMILES string of the molecule is Cc1nn2c(c1C)COC(C)(C)C2. The summed E-state index contributed by atoms with van der Waals surface area (Å²) >= 11 is 0. The molecule has 0 bridgehead atoms. The third-order valence-corrected chi connectivity index (χ3v) is 2.69. The zero-order valence-electron chi connectivity index (χ0n) is 8.72. The van der Waals surface area contributed by atoms with Crippen molar-refractivity contribution in [3.8, 4) is 0 Å². The lowest BCUT2D eigenvalue weighted by Gasteiger charge is -2.31. The van der Waals surface area contributed by atoms with Crippen molar-refractivity contribution in [1.29, 1.82) is 0 Å². The molecule has 2 rings (SSSR count). The molecule has 3 heteroatoms. The highest BCUT2D eigenvalue weighted by atomic mass is 16.5. The number of fused-ring (bicyclic) bond motifs is 1. The zero-order valence-corrected chi connectivity index (χ0v) is 8.72. The van der Waals surface area contributed by atoms with Crippen LogP contribution in [0.2, 0.25) is 0 Å². The minimum absolute atomic E-state index is 0.0715. The van der Waals surface area contributed by atoms with Gasteiger partial charge >= 0.3 is 0 Å². The van der Waals surface area contributed by atoms with Crippen molar-refractivity contribution in [2.24, 2.45) is 0 Å². The number of ether oxygens (including phenoxy) is 1. The maximum absolute atomic E-state index is 5.73. The monoisotopic (exact) mass is 180 g/mol. The average Bonchev–Trinajstić information content (AvgIpc) is 2.25. The van der Waals surface area contributed by atoms with E-state index < -0.39 is 0 Å². The van der Waals surface area contributed by atoms with E-state index in [-0.39, 0.29) is 5.60 Å². The van der Waals surface area contributed by atoms with Gasteiger partial charge in [-0.1, -0.05) is 0 Å². The highest BCUT2D eigenvalue weighted by Crippen LogP contribution is 2.25. The van der Waals surface area contributed by atoms with Gasteiger partial charge < -0.3 is 4.74 Å². The van der Waals surface area contributed by atoms with Crippen LogP contribution in [0, 0.1) is 13.8 Å². The van der Waals surface area contributed by atoms with E-state index in [0.29, 0.717) is 6.61 Å². The standard InChI is InChI=1S/C10H16N2O/c1-7-8(2)11-12-6-10(3,4)13-5-9(7)12/h5-6H2,1-4H3. The molecule has 0 N–H and O–H groups in total. The van der Waals surface area contributed by atoms with Gasteiger partial charge in [0.1, 0.15) is 0 Å². The molecule has 0 radical (unpaired) electrons. The van der Waals surface area contributed by atoms with E-state index in [2.05, 4.69) is 30.6 Å². The molecule has 0 saturated heterocycles. The van der Waals surface area contributed by atoms with Crippen molar-refractivity contribution in [3.05, 3.63) is 17.0 Å². The maximum Gasteiger partial charge on any atom is 0.0895 e. The topological polar surface area (TPSA) is 27.1 Å². The third-order valence-electron chi connectivity index (χ3n) is 2.69. The Balaban J connectivity index is 2.42. The molecule has 1 aliphatic heterocycles. The molecule has 13 heavy (non-hydrogen) atoms. The summed E-state index contributed by atoms with van der Waals surface area (Å²) in [5.74, 6) is 0. The zero-order chi connectivity index (χ0) is 9.64. The quantitative estimate of drug-likeness (QED) is 0.609. The lowest BCUT2D eigenvalue weighted by Crippen LogP contribution is -2.36. The molecule has 0 aromatic carbocycles. The molecule has 0 saturated carbocycles. The molecule has 1 aromatic rings. The second-order valence-corrected chi connectivity index (χ2v) is 4.36. The first kappa shape index (κ1) is 8.75. The summed E-state index contributed by atoms with van der Waals surface area (Å²) in [6.07, 6.45) is 0. The number of hydrogen-bond acceptors (Lipinski definition) is 2. The Morgan fingerprint density at radius 2 is 2.08 bits per heavy atom. The first-order valence-corrected chi connectivity index (χ1v) is 4.66. The van der Waals surface area contributed by atoms with Gasteiger partial charge in [0.2, 0.25) is 0 Å². The van der Waals surface area contributed by atoms with E-state index in [4.69, 9.17) is 4.74 Å². The molecular weight excluding hydrogens is 164 g/mol. The molecule has 0 spiro atoms. The fraction of sp³-hybridized carbons (Fsp3) is 0.700. The molecule has 0 amide bonds. The lowest BCUT2D eigenvalue weighted by molar-refractivity contribution is -0.0663. The van der Waals surface area contributed by atoms with Crippen molar-refractivity contribution in [2.45, 2.75) is 46.4 Å². The van der Waals surface area contributed by atoms with Gasteiger partial charge in [-0.25, -0.2) is 0 Å². The van der Waals surface area contributed by atoms with Crippen LogP contribution in [0.4, 0.5) is 0 Å². The van der Waals surface area contributed by atoms with Crippen molar-refractivity contribution < 1.29 is 4.74 Å². The predicted molar refractivity (Wildman–Crippen MR) is 50.6 cm³/mol. The average molecular weight is 180 g/mol. The van der Waals surface area contributed by atoms with Gasteiger partial charge in [0.25, 0.3) is 0 Å². The van der Waals surface area contributed by atoms with Gasteiger partial charge in [0.15, 0.2) is 0 Å². The van der Waals surface area contributed by atoms with Crippen LogP contribution < -0.4 is 0 Å². The number of rotatable bonds is 0. The molecule has 1 aromatic heterocycles. The van der Waals surface area contributed by atoms with E-state index >= 15 is 0 Å². The van der Waals surface area contributed by atoms with Crippen molar-refractivity contribution in [3.63, 3.8) is 0 Å². The van der Waals surface area contributed by atoms with Crippen LogP contribution in [0.5, 0.6) is 0 Å². The number of nitrogens with zero attached hydrogens (tertiary/aromatic N) is 2. The van der Waals surface area contributed by atoms with Gasteiger partial charge in [-0.2, -0.15) is 5.10 Å². The Morgan fingerprint density at radius 3 is 2.77 bits per heavy atom. The van der Waals surface area contributed by atoms with Gasteiger partial charge in [-0.15, -0.1) is 0 Å². The smallest absolute Gasteiger partial charge is 0.0895 e. The Bertz CT molecular complexity index is 339. The first-order chi connectivity index (χ1) is 5.99. The Hall–Kier alpha value is -0.830. The minimum atomic E-state index is -0.0715. The molecular formula is C10H16N2O. The number of hydrogen-bond donors (Lipinski definition) is 0. The molecule has 2 heterocycles. The van der Waals surface area contributed by atoms with Crippen LogP contribution in [0.25, 0.3) is 0 Å². The fourth-order valence-corrected chi connectivity index (χ4v) is 1.70. The molecule has 1 aliphatic rings. The summed E-state index contributed by atoms with van der Waals surface area (Å²) in [5.41, 5.74) is 3.56. The molecule has 0 unspecified atom stereocenters. The molecule has 72 valence electrons. The Labute approximate surface area is 78.7 Å². The fourth-order valence-electron chi connectivity index (χ4n) is 1.70. The summed E-state index contributed by atoms with van der Waals surface area (Å²) in [7, 11) is 0. The maximum atomic E-state index is 5.73. The van der Waals surface area contributed by atoms with E-state index in [1.807, 2.05) is 6.92 Å². The van der Waals surface area contributed by atoms with Crippen LogP contribution >= 0.6 is 0 Å². The van der Waals surface area contributed by atoms with Crippen LogP contribution in [0.1, 0.15) is 30.8 Å². The summed E-state index contributed by atoms with van der Waals surface area (Å²) in [6, 6.07) is 0. The molecule has 0 atom stereocenters. The van der Waals surface area contributed by atoms with Gasteiger partial charge in [0, 0.05) is 0 Å². The van der Waals surface area contributed by atoms with Gasteiger partial charge in [0.05, 0.1) is 30.1 Å². The van der Waals surface area contributed by atoms with Crippen molar-refractivity contribution in [2.75, 3.05) is 0 Å². The van der Waals surface area contributed by atoms with Crippen LogP contribution in [-0.2, 0) is 17.9 Å². The summed E-state index contributed by atoms with van der Waals surface area (Å²) in [4.78, 5) is 0. The summed E-state index contributed by atoms with van der Waals surface area (Å²) in [5, 5.41) is 4.48. The molecule has 0 fully saturated rings. The minimum Gasteiger partial charge on any atom is -0.367 e. The van der Waals surface area contributed by atoms with E-state index in [9.17, 15) is 0 Å². The molecule has 0 aliphatic carbocycles. The van der Waals surface area contributed by atoms with Gasteiger partial charge in [-0.05, 0) is 33.3 Å². The highest BCUT2D eigenvalue weighted by molar-refractivity contribution is 5.24. The Morgan fingerprint density at radius 1 is 1.38 bits per heavy atom. The third kappa shape index (κ3) is 1.37. The molecule has 3 nitrogen and oxygen atoms in total. The lowest BCUT2D eigenvalue weighted by atomic mass is 10.1. The second kappa shape index (κ2) is 2.58. The first-order valence-electron chi connectivity index (χ1n) is 4.66. The van der Waals surface area contributed by atoms with Crippen molar-refractivity contribution >= 4 is 0 Å². The Kier molecular flexibility index (Phi) is 1.74. The predicted octanol–water partition coefficient (Wildman–Crippen LogP) is 1.81. The number of aromatic nitrogens is 2. The normalized spacial score (nSPS) is 20.0. The highest BCUT2D eigenvalue weighted by Gasteiger charge is 2.28. The van der Waals surface area contributed by atoms with E-state index in [0.717, 1.165) is 12.2 Å². The largest absolute Gasteiger partial charge is 0.367 e. The van der Waals surface area contributed by atoms with E-state index in [1.165, 1.54) is 11.3 Å². The van der Waals surface area contributed by atoms with Crippen LogP contribution in [-0.4, -0.2) is 15.4 Å². The van der Waals surface area contributed by atoms with Crippen molar-refractivity contribution in [1.82, 2.24) is 9.78 Å². The summed E-state index contributed by atoms with van der Waals surface area (Å²) in [6.45, 7) is 9.91. The van der Waals surface area contributed by atoms with Crippen LogP contribution in [0.3, 0.4) is 0 Å². The van der Waals surface area contributed by atoms with Crippen LogP contribution in [0.15, 0.2) is 0 Å².